The molecule has 0 amide bonds. The van der Waals surface area contributed by atoms with Gasteiger partial charge in [-0.15, -0.1) is 0 Å². The van der Waals surface area contributed by atoms with Gasteiger partial charge in [0.1, 0.15) is 5.60 Å². The van der Waals surface area contributed by atoms with Crippen molar-refractivity contribution in [2.24, 2.45) is 0 Å². The second-order valence-electron chi connectivity index (χ2n) is 7.19. The first-order chi connectivity index (χ1) is 10.6. The molecule has 5 nitrogen and oxygen atoms in total. The van der Waals surface area contributed by atoms with Gasteiger partial charge in [-0.2, -0.15) is 5.10 Å². The monoisotopic (exact) mass is 306 g/mol. The Labute approximate surface area is 133 Å². The van der Waals surface area contributed by atoms with Crippen molar-refractivity contribution >= 4 is 0 Å². The zero-order chi connectivity index (χ0) is 15.6. The predicted octanol–water partition coefficient (Wildman–Crippen LogP) is 2.65. The highest BCUT2D eigenvalue weighted by atomic mass is 16.3. The molecule has 0 aromatic carbocycles. The smallest absolute Gasteiger partial charge is 0.159 e. The summed E-state index contributed by atoms with van der Waals surface area (Å²) >= 11 is 0. The number of likely N-dealkylation sites (tertiary alicyclic amines) is 1. The molecular weight excluding hydrogens is 276 g/mol. The van der Waals surface area contributed by atoms with Crippen LogP contribution in [-0.2, 0) is 12.1 Å². The van der Waals surface area contributed by atoms with Gasteiger partial charge in [0, 0.05) is 25.6 Å². The Morgan fingerprint density at radius 3 is 2.55 bits per heavy atom. The van der Waals surface area contributed by atoms with Crippen LogP contribution >= 0.6 is 0 Å². The number of piperidine rings is 1. The van der Waals surface area contributed by atoms with Crippen LogP contribution in [0.1, 0.15) is 75.9 Å². The molecule has 0 unspecified atom stereocenters. The summed E-state index contributed by atoms with van der Waals surface area (Å²) in [6, 6.07) is 0. The van der Waals surface area contributed by atoms with Gasteiger partial charge < -0.3 is 10.0 Å². The van der Waals surface area contributed by atoms with E-state index in [9.17, 15) is 5.11 Å². The average molecular weight is 306 g/mol. The Morgan fingerprint density at radius 1 is 1.23 bits per heavy atom. The van der Waals surface area contributed by atoms with E-state index in [1.807, 2.05) is 4.68 Å². The lowest BCUT2D eigenvalue weighted by Crippen LogP contribution is -2.42. The van der Waals surface area contributed by atoms with E-state index in [-0.39, 0.29) is 0 Å². The number of aliphatic hydroxyl groups is 1. The highest BCUT2D eigenvalue weighted by molar-refractivity contribution is 5.10. The van der Waals surface area contributed by atoms with Crippen molar-refractivity contribution in [3.63, 3.8) is 0 Å². The minimum Gasteiger partial charge on any atom is -0.382 e. The van der Waals surface area contributed by atoms with Crippen LogP contribution in [0, 0.1) is 0 Å². The van der Waals surface area contributed by atoms with Crippen LogP contribution in [0.15, 0.2) is 0 Å². The first kappa shape index (κ1) is 15.9. The van der Waals surface area contributed by atoms with E-state index in [2.05, 4.69) is 18.9 Å². The van der Waals surface area contributed by atoms with Crippen LogP contribution in [0.25, 0.3) is 0 Å². The van der Waals surface area contributed by atoms with E-state index < -0.39 is 5.60 Å². The number of unbranched alkanes of at least 4 members (excludes halogenated alkanes) is 1. The molecule has 0 atom stereocenters. The van der Waals surface area contributed by atoms with Gasteiger partial charge >= 0.3 is 0 Å². The summed E-state index contributed by atoms with van der Waals surface area (Å²) in [5.41, 5.74) is -0.788. The molecule has 2 fully saturated rings. The second-order valence-corrected chi connectivity index (χ2v) is 7.19. The zero-order valence-corrected chi connectivity index (χ0v) is 14.1. The summed E-state index contributed by atoms with van der Waals surface area (Å²) in [5.74, 6) is 2.32. The number of nitrogens with zero attached hydrogens (tertiary/aromatic N) is 4. The highest BCUT2D eigenvalue weighted by Gasteiger charge is 2.38. The van der Waals surface area contributed by atoms with E-state index >= 15 is 0 Å². The summed E-state index contributed by atoms with van der Waals surface area (Å²) in [6.45, 7) is 4.92. The van der Waals surface area contributed by atoms with Crippen LogP contribution in [0.5, 0.6) is 0 Å². The molecule has 2 aliphatic rings. The molecule has 0 bridgehead atoms. The quantitative estimate of drug-likeness (QED) is 0.908. The standard InChI is InChI=1S/C17H30N4O/c1-3-4-11-21-16(17(22)9-12-20(2)13-10-17)18-15(19-21)14-7-5-6-8-14/h14,22H,3-13H2,1-2H3. The maximum absolute atomic E-state index is 11.1. The summed E-state index contributed by atoms with van der Waals surface area (Å²) in [6.07, 6.45) is 8.75. The largest absolute Gasteiger partial charge is 0.382 e. The van der Waals surface area contributed by atoms with Gasteiger partial charge in [-0.05, 0) is 39.2 Å². The molecule has 1 N–H and O–H groups in total. The number of hydrogen-bond donors (Lipinski definition) is 1. The SMILES string of the molecule is CCCCn1nc(C2CCCC2)nc1C1(O)CCN(C)CC1. The Hall–Kier alpha value is -0.940. The van der Waals surface area contributed by atoms with Crippen LogP contribution in [0.2, 0.25) is 0 Å². The summed E-state index contributed by atoms with van der Waals surface area (Å²) in [4.78, 5) is 7.13. The molecule has 0 radical (unpaired) electrons. The predicted molar refractivity (Wildman–Crippen MR) is 86.8 cm³/mol. The third kappa shape index (κ3) is 3.20. The van der Waals surface area contributed by atoms with Gasteiger partial charge in [0.15, 0.2) is 11.6 Å². The lowest BCUT2D eigenvalue weighted by Gasteiger charge is -2.35. The minimum atomic E-state index is -0.788. The zero-order valence-electron chi connectivity index (χ0n) is 14.1. The van der Waals surface area contributed by atoms with Gasteiger partial charge in [0.05, 0.1) is 0 Å². The normalized spacial score (nSPS) is 23.2. The Bertz CT molecular complexity index is 485. The molecule has 5 heteroatoms. The van der Waals surface area contributed by atoms with Gasteiger partial charge in [-0.1, -0.05) is 26.2 Å². The van der Waals surface area contributed by atoms with Crippen molar-refractivity contribution in [3.8, 4) is 0 Å². The first-order valence-corrected chi connectivity index (χ1v) is 8.98. The Kier molecular flexibility index (Phi) is 4.83. The Morgan fingerprint density at radius 2 is 1.91 bits per heavy atom. The van der Waals surface area contributed by atoms with Gasteiger partial charge in [0.25, 0.3) is 0 Å². The molecular formula is C17H30N4O. The fourth-order valence-electron chi connectivity index (χ4n) is 3.74. The molecule has 2 heterocycles. The van der Waals surface area contributed by atoms with Crippen molar-refractivity contribution in [2.75, 3.05) is 20.1 Å². The third-order valence-electron chi connectivity index (χ3n) is 5.36. The molecule has 1 saturated heterocycles. The topological polar surface area (TPSA) is 54.2 Å². The average Bonchev–Trinajstić information content (AvgIpc) is 3.17. The molecule has 1 saturated carbocycles. The lowest BCUT2D eigenvalue weighted by molar-refractivity contribution is -0.0312. The van der Waals surface area contributed by atoms with Crippen LogP contribution < -0.4 is 0 Å². The van der Waals surface area contributed by atoms with Crippen LogP contribution in [-0.4, -0.2) is 44.9 Å². The van der Waals surface area contributed by atoms with Crippen molar-refractivity contribution in [1.29, 1.82) is 0 Å². The minimum absolute atomic E-state index is 0.511. The molecule has 1 aliphatic carbocycles. The van der Waals surface area contributed by atoms with E-state index in [4.69, 9.17) is 10.1 Å². The number of hydrogen-bond acceptors (Lipinski definition) is 4. The second kappa shape index (κ2) is 6.67. The molecule has 1 aromatic heterocycles. The molecule has 3 rings (SSSR count). The van der Waals surface area contributed by atoms with E-state index in [0.717, 1.165) is 57.0 Å². The van der Waals surface area contributed by atoms with Gasteiger partial charge in [-0.3, -0.25) is 0 Å². The fraction of sp³-hybridized carbons (Fsp3) is 0.882. The van der Waals surface area contributed by atoms with Crippen LogP contribution in [0.3, 0.4) is 0 Å². The lowest BCUT2D eigenvalue weighted by atomic mass is 9.90. The Balaban J connectivity index is 1.86. The molecule has 0 spiro atoms. The molecule has 1 aromatic rings. The van der Waals surface area contributed by atoms with E-state index in [1.54, 1.807) is 0 Å². The van der Waals surface area contributed by atoms with Crippen molar-refractivity contribution in [2.45, 2.75) is 76.4 Å². The maximum Gasteiger partial charge on any atom is 0.159 e. The van der Waals surface area contributed by atoms with E-state index in [0.29, 0.717) is 5.92 Å². The first-order valence-electron chi connectivity index (χ1n) is 8.98. The fourth-order valence-corrected chi connectivity index (χ4v) is 3.74. The van der Waals surface area contributed by atoms with Crippen molar-refractivity contribution in [3.05, 3.63) is 11.6 Å². The summed E-state index contributed by atoms with van der Waals surface area (Å²) < 4.78 is 2.02. The van der Waals surface area contributed by atoms with Crippen molar-refractivity contribution in [1.82, 2.24) is 19.7 Å². The molecule has 124 valence electrons. The van der Waals surface area contributed by atoms with Crippen LogP contribution in [0.4, 0.5) is 0 Å². The van der Waals surface area contributed by atoms with Gasteiger partial charge in [0.2, 0.25) is 0 Å². The summed E-state index contributed by atoms with van der Waals surface area (Å²) in [5, 5.41) is 15.9. The number of aryl methyl sites for hydroxylation is 1. The molecule has 22 heavy (non-hydrogen) atoms. The van der Waals surface area contributed by atoms with E-state index in [1.165, 1.54) is 25.7 Å². The third-order valence-corrected chi connectivity index (χ3v) is 5.36. The van der Waals surface area contributed by atoms with Gasteiger partial charge in [-0.25, -0.2) is 9.67 Å². The van der Waals surface area contributed by atoms with Crippen molar-refractivity contribution < 1.29 is 5.11 Å². The number of rotatable bonds is 5. The molecule has 1 aliphatic heterocycles. The highest BCUT2D eigenvalue weighted by Crippen LogP contribution is 2.36. The summed E-state index contributed by atoms with van der Waals surface area (Å²) in [7, 11) is 2.12. The number of aromatic nitrogens is 3. The maximum atomic E-state index is 11.1.